The Hall–Kier alpha value is -0.340. The summed E-state index contributed by atoms with van der Waals surface area (Å²) >= 11 is 0. The van der Waals surface area contributed by atoms with E-state index in [1.54, 1.807) is 0 Å². The topological polar surface area (TPSA) is 24.1 Å². The SMILES string of the molecule is C1=CC2CNCCC2NC1. The molecule has 2 heterocycles. The van der Waals surface area contributed by atoms with E-state index in [0.29, 0.717) is 0 Å². The van der Waals surface area contributed by atoms with Gasteiger partial charge in [-0.15, -0.1) is 0 Å². The molecular formula is C8H14N2. The second-order valence-corrected chi connectivity index (χ2v) is 3.10. The van der Waals surface area contributed by atoms with Crippen molar-refractivity contribution in [1.29, 1.82) is 0 Å². The molecule has 2 aliphatic rings. The lowest BCUT2D eigenvalue weighted by Gasteiger charge is -2.33. The normalized spacial score (nSPS) is 39.2. The molecule has 0 amide bonds. The third-order valence-electron chi connectivity index (χ3n) is 2.41. The van der Waals surface area contributed by atoms with E-state index in [2.05, 4.69) is 22.8 Å². The molecule has 0 aromatic rings. The van der Waals surface area contributed by atoms with E-state index in [1.807, 2.05) is 0 Å². The van der Waals surface area contributed by atoms with E-state index < -0.39 is 0 Å². The van der Waals surface area contributed by atoms with E-state index >= 15 is 0 Å². The maximum Gasteiger partial charge on any atom is 0.0157 e. The molecule has 2 nitrogen and oxygen atoms in total. The van der Waals surface area contributed by atoms with Crippen LogP contribution in [0.2, 0.25) is 0 Å². The minimum Gasteiger partial charge on any atom is -0.316 e. The molecule has 0 saturated carbocycles. The van der Waals surface area contributed by atoms with E-state index in [9.17, 15) is 0 Å². The van der Waals surface area contributed by atoms with Gasteiger partial charge >= 0.3 is 0 Å². The molecule has 0 radical (unpaired) electrons. The van der Waals surface area contributed by atoms with Crippen LogP contribution in [0.5, 0.6) is 0 Å². The summed E-state index contributed by atoms with van der Waals surface area (Å²) in [6.45, 7) is 3.41. The molecule has 0 aromatic heterocycles. The Balaban J connectivity index is 2.03. The van der Waals surface area contributed by atoms with Crippen molar-refractivity contribution in [2.75, 3.05) is 19.6 Å². The van der Waals surface area contributed by atoms with Crippen LogP contribution in [0.15, 0.2) is 12.2 Å². The summed E-state index contributed by atoms with van der Waals surface area (Å²) in [4.78, 5) is 0. The fraction of sp³-hybridized carbons (Fsp3) is 0.750. The summed E-state index contributed by atoms with van der Waals surface area (Å²) in [6, 6.07) is 0.756. The van der Waals surface area contributed by atoms with Crippen LogP contribution in [0.1, 0.15) is 6.42 Å². The molecule has 2 N–H and O–H groups in total. The minimum atomic E-state index is 0.752. The lowest BCUT2D eigenvalue weighted by molar-refractivity contribution is 0.320. The molecule has 0 bridgehead atoms. The van der Waals surface area contributed by atoms with Crippen molar-refractivity contribution in [1.82, 2.24) is 10.6 Å². The predicted molar refractivity (Wildman–Crippen MR) is 41.9 cm³/mol. The van der Waals surface area contributed by atoms with Gasteiger partial charge in [0.15, 0.2) is 0 Å². The number of rotatable bonds is 0. The Morgan fingerprint density at radius 3 is 3.30 bits per heavy atom. The fourth-order valence-corrected chi connectivity index (χ4v) is 1.80. The largest absolute Gasteiger partial charge is 0.316 e. The van der Waals surface area contributed by atoms with Crippen molar-refractivity contribution in [3.63, 3.8) is 0 Å². The summed E-state index contributed by atoms with van der Waals surface area (Å²) in [5.41, 5.74) is 0. The Morgan fingerprint density at radius 1 is 1.40 bits per heavy atom. The highest BCUT2D eigenvalue weighted by Gasteiger charge is 2.23. The van der Waals surface area contributed by atoms with Gasteiger partial charge in [-0.05, 0) is 13.0 Å². The molecule has 2 rings (SSSR count). The van der Waals surface area contributed by atoms with Crippen LogP contribution in [0, 0.1) is 5.92 Å². The highest BCUT2D eigenvalue weighted by molar-refractivity contribution is 5.03. The average Bonchev–Trinajstić information content (AvgIpc) is 2.05. The summed E-state index contributed by atoms with van der Waals surface area (Å²) in [5.74, 6) is 0.752. The van der Waals surface area contributed by atoms with E-state index in [1.165, 1.54) is 13.0 Å². The van der Waals surface area contributed by atoms with Crippen molar-refractivity contribution in [3.8, 4) is 0 Å². The first-order chi connectivity index (χ1) is 4.97. The van der Waals surface area contributed by atoms with Gasteiger partial charge in [-0.3, -0.25) is 0 Å². The predicted octanol–water partition coefficient (Wildman–Crippen LogP) is 0.124. The van der Waals surface area contributed by atoms with Crippen molar-refractivity contribution >= 4 is 0 Å². The van der Waals surface area contributed by atoms with Crippen LogP contribution in [-0.2, 0) is 0 Å². The minimum absolute atomic E-state index is 0.752. The average molecular weight is 138 g/mol. The van der Waals surface area contributed by atoms with E-state index in [4.69, 9.17) is 0 Å². The van der Waals surface area contributed by atoms with Crippen molar-refractivity contribution in [2.45, 2.75) is 12.5 Å². The molecule has 56 valence electrons. The second kappa shape index (κ2) is 2.72. The number of hydrogen-bond donors (Lipinski definition) is 2. The molecule has 0 spiro atoms. The fourth-order valence-electron chi connectivity index (χ4n) is 1.80. The number of piperidine rings is 1. The van der Waals surface area contributed by atoms with E-state index in [0.717, 1.165) is 25.0 Å². The van der Waals surface area contributed by atoms with Crippen LogP contribution < -0.4 is 10.6 Å². The number of nitrogens with one attached hydrogen (secondary N) is 2. The lowest BCUT2D eigenvalue weighted by Crippen LogP contribution is -2.48. The molecule has 1 fully saturated rings. The first kappa shape index (κ1) is 6.38. The first-order valence-corrected chi connectivity index (χ1v) is 4.07. The maximum absolute atomic E-state index is 3.49. The van der Waals surface area contributed by atoms with Gasteiger partial charge in [0, 0.05) is 25.0 Å². The molecule has 2 aliphatic heterocycles. The molecule has 2 atom stereocenters. The van der Waals surface area contributed by atoms with Crippen molar-refractivity contribution in [2.24, 2.45) is 5.92 Å². The molecule has 0 aliphatic carbocycles. The maximum atomic E-state index is 3.49. The van der Waals surface area contributed by atoms with Crippen molar-refractivity contribution < 1.29 is 0 Å². The summed E-state index contributed by atoms with van der Waals surface area (Å²) < 4.78 is 0. The third kappa shape index (κ3) is 1.09. The van der Waals surface area contributed by atoms with Crippen LogP contribution in [0.25, 0.3) is 0 Å². The van der Waals surface area contributed by atoms with E-state index in [-0.39, 0.29) is 0 Å². The Bertz CT molecular complexity index is 142. The third-order valence-corrected chi connectivity index (χ3v) is 2.41. The second-order valence-electron chi connectivity index (χ2n) is 3.10. The highest BCUT2D eigenvalue weighted by Crippen LogP contribution is 2.14. The van der Waals surface area contributed by atoms with Gasteiger partial charge in [0.25, 0.3) is 0 Å². The van der Waals surface area contributed by atoms with Gasteiger partial charge in [0.2, 0.25) is 0 Å². The highest BCUT2D eigenvalue weighted by atomic mass is 15.0. The molecule has 0 aromatic carbocycles. The van der Waals surface area contributed by atoms with Gasteiger partial charge in [0.1, 0.15) is 0 Å². The monoisotopic (exact) mass is 138 g/mol. The van der Waals surface area contributed by atoms with Crippen molar-refractivity contribution in [3.05, 3.63) is 12.2 Å². The van der Waals surface area contributed by atoms with Crippen LogP contribution >= 0.6 is 0 Å². The zero-order valence-electron chi connectivity index (χ0n) is 6.14. The standard InChI is InChI=1S/C8H14N2/c1-2-7-6-9-5-3-8(7)10-4-1/h1-2,7-10H,3-6H2. The zero-order valence-corrected chi connectivity index (χ0v) is 6.14. The van der Waals surface area contributed by atoms with Gasteiger partial charge in [-0.1, -0.05) is 12.2 Å². The Morgan fingerprint density at radius 2 is 2.40 bits per heavy atom. The van der Waals surface area contributed by atoms with Gasteiger partial charge < -0.3 is 10.6 Å². The quantitative estimate of drug-likeness (QED) is 0.465. The summed E-state index contributed by atoms with van der Waals surface area (Å²) in [5, 5.41) is 6.89. The molecule has 2 unspecified atom stereocenters. The zero-order chi connectivity index (χ0) is 6.81. The number of fused-ring (bicyclic) bond motifs is 1. The summed E-state index contributed by atoms with van der Waals surface area (Å²) in [6.07, 6.45) is 5.86. The first-order valence-electron chi connectivity index (χ1n) is 4.07. The summed E-state index contributed by atoms with van der Waals surface area (Å²) in [7, 11) is 0. The smallest absolute Gasteiger partial charge is 0.0157 e. The van der Waals surface area contributed by atoms with Crippen LogP contribution in [-0.4, -0.2) is 25.7 Å². The molecule has 10 heavy (non-hydrogen) atoms. The molecule has 2 heteroatoms. The van der Waals surface area contributed by atoms with Gasteiger partial charge in [0.05, 0.1) is 0 Å². The van der Waals surface area contributed by atoms with Crippen LogP contribution in [0.3, 0.4) is 0 Å². The molecular weight excluding hydrogens is 124 g/mol. The van der Waals surface area contributed by atoms with Gasteiger partial charge in [-0.25, -0.2) is 0 Å². The van der Waals surface area contributed by atoms with Gasteiger partial charge in [-0.2, -0.15) is 0 Å². The van der Waals surface area contributed by atoms with Crippen LogP contribution in [0.4, 0.5) is 0 Å². The Kier molecular flexibility index (Phi) is 1.74. The Labute approximate surface area is 61.7 Å². The number of hydrogen-bond acceptors (Lipinski definition) is 2. The molecule has 1 saturated heterocycles. The lowest BCUT2D eigenvalue weighted by atomic mass is 9.91.